The number of likely N-dealkylation sites (tertiary alicyclic amines) is 1. The minimum atomic E-state index is 0.343. The summed E-state index contributed by atoms with van der Waals surface area (Å²) in [6.07, 6.45) is 11.1. The third-order valence-electron chi connectivity index (χ3n) is 5.24. The number of nitrogens with zero attached hydrogens (tertiary/aromatic N) is 3. The van der Waals surface area contributed by atoms with Gasteiger partial charge in [-0.1, -0.05) is 6.42 Å². The van der Waals surface area contributed by atoms with Gasteiger partial charge in [-0.2, -0.15) is 0 Å². The van der Waals surface area contributed by atoms with Gasteiger partial charge in [-0.05, 0) is 63.2 Å². The molecule has 0 atom stereocenters. The van der Waals surface area contributed by atoms with E-state index in [1.165, 1.54) is 45.2 Å². The van der Waals surface area contributed by atoms with E-state index in [2.05, 4.69) is 25.5 Å². The molecule has 1 aliphatic heterocycles. The normalized spacial score (nSPS) is 19.5. The van der Waals surface area contributed by atoms with Gasteiger partial charge in [0.15, 0.2) is 5.96 Å². The van der Waals surface area contributed by atoms with E-state index in [1.807, 2.05) is 25.4 Å². The van der Waals surface area contributed by atoms with E-state index in [-0.39, 0.29) is 0 Å². The van der Waals surface area contributed by atoms with Gasteiger partial charge in [0.1, 0.15) is 6.10 Å². The van der Waals surface area contributed by atoms with Crippen molar-refractivity contribution in [2.75, 3.05) is 33.2 Å². The molecule has 2 N–H and O–H groups in total. The first-order valence-electron chi connectivity index (χ1n) is 10.1. The molecule has 1 saturated heterocycles. The average molecular weight is 360 g/mol. The van der Waals surface area contributed by atoms with Crippen molar-refractivity contribution in [3.8, 4) is 5.88 Å². The lowest BCUT2D eigenvalue weighted by atomic mass is 10.1. The molecule has 2 fully saturated rings. The van der Waals surface area contributed by atoms with Crippen LogP contribution in [0.2, 0.25) is 0 Å². The molecule has 0 amide bonds. The van der Waals surface area contributed by atoms with Crippen LogP contribution in [0, 0.1) is 0 Å². The van der Waals surface area contributed by atoms with Gasteiger partial charge in [0.2, 0.25) is 5.88 Å². The number of pyridine rings is 1. The van der Waals surface area contributed by atoms with E-state index in [4.69, 9.17) is 4.74 Å². The number of hydrogen-bond donors (Lipinski definition) is 2. The number of aliphatic imine (C=N–C) groups is 1. The SMILES string of the molecule is CN=C(NCCN1CCCCC1)NCc1ccnc(OC2CCCC2)c1. The largest absolute Gasteiger partial charge is 0.474 e. The molecule has 1 aromatic rings. The number of guanidine groups is 1. The van der Waals surface area contributed by atoms with E-state index in [1.54, 1.807) is 0 Å². The van der Waals surface area contributed by atoms with Crippen LogP contribution in [0.3, 0.4) is 0 Å². The number of ether oxygens (including phenoxy) is 1. The summed E-state index contributed by atoms with van der Waals surface area (Å²) in [5, 5.41) is 6.79. The maximum atomic E-state index is 5.99. The molecule has 6 nitrogen and oxygen atoms in total. The number of piperidine rings is 1. The Morgan fingerprint density at radius 1 is 1.19 bits per heavy atom. The summed E-state index contributed by atoms with van der Waals surface area (Å²) in [5.41, 5.74) is 1.16. The molecule has 2 heterocycles. The predicted octanol–water partition coefficient (Wildman–Crippen LogP) is 2.55. The third-order valence-corrected chi connectivity index (χ3v) is 5.24. The van der Waals surface area contributed by atoms with E-state index < -0.39 is 0 Å². The van der Waals surface area contributed by atoms with Gasteiger partial charge < -0.3 is 20.3 Å². The fourth-order valence-corrected chi connectivity index (χ4v) is 3.72. The first-order chi connectivity index (χ1) is 12.8. The van der Waals surface area contributed by atoms with Crippen LogP contribution in [0.1, 0.15) is 50.5 Å². The molecule has 26 heavy (non-hydrogen) atoms. The highest BCUT2D eigenvalue weighted by Crippen LogP contribution is 2.23. The second-order valence-electron chi connectivity index (χ2n) is 7.28. The maximum absolute atomic E-state index is 5.99. The van der Waals surface area contributed by atoms with Crippen LogP contribution in [-0.4, -0.2) is 55.2 Å². The van der Waals surface area contributed by atoms with Crippen LogP contribution in [0.25, 0.3) is 0 Å². The number of hydrogen-bond acceptors (Lipinski definition) is 4. The van der Waals surface area contributed by atoms with Crippen molar-refractivity contribution >= 4 is 5.96 Å². The monoisotopic (exact) mass is 359 g/mol. The van der Waals surface area contributed by atoms with Crippen molar-refractivity contribution in [3.05, 3.63) is 23.9 Å². The average Bonchev–Trinajstić information content (AvgIpc) is 3.18. The zero-order valence-electron chi connectivity index (χ0n) is 16.0. The summed E-state index contributed by atoms with van der Waals surface area (Å²) in [6.45, 7) is 5.18. The molecule has 1 aromatic heterocycles. The lowest BCUT2D eigenvalue weighted by Gasteiger charge is -2.26. The minimum absolute atomic E-state index is 0.343. The quantitative estimate of drug-likeness (QED) is 0.579. The first kappa shape index (κ1) is 19.0. The molecule has 2 aliphatic rings. The highest BCUT2D eigenvalue weighted by Gasteiger charge is 2.17. The standard InChI is InChI=1S/C20H33N5O/c1-21-20(23-11-14-25-12-5-2-6-13-25)24-16-17-9-10-22-19(15-17)26-18-7-3-4-8-18/h9-10,15,18H,2-8,11-14,16H2,1H3,(H2,21,23,24). The van der Waals surface area contributed by atoms with Gasteiger partial charge in [-0.3, -0.25) is 4.99 Å². The van der Waals surface area contributed by atoms with Crippen molar-refractivity contribution in [1.82, 2.24) is 20.5 Å². The molecule has 1 saturated carbocycles. The molecule has 0 bridgehead atoms. The van der Waals surface area contributed by atoms with Crippen molar-refractivity contribution in [1.29, 1.82) is 0 Å². The van der Waals surface area contributed by atoms with Gasteiger partial charge in [0.05, 0.1) is 0 Å². The third kappa shape index (κ3) is 6.16. The van der Waals surface area contributed by atoms with E-state index >= 15 is 0 Å². The lowest BCUT2D eigenvalue weighted by molar-refractivity contribution is 0.201. The van der Waals surface area contributed by atoms with Crippen molar-refractivity contribution < 1.29 is 4.74 Å². The predicted molar refractivity (Wildman–Crippen MR) is 106 cm³/mol. The molecular weight excluding hydrogens is 326 g/mol. The Morgan fingerprint density at radius 2 is 2.00 bits per heavy atom. The van der Waals surface area contributed by atoms with Crippen LogP contribution in [-0.2, 0) is 6.54 Å². The Hall–Kier alpha value is -1.82. The van der Waals surface area contributed by atoms with Gasteiger partial charge >= 0.3 is 0 Å². The molecule has 1 aliphatic carbocycles. The molecule has 0 radical (unpaired) electrons. The molecule has 0 spiro atoms. The zero-order valence-corrected chi connectivity index (χ0v) is 16.0. The summed E-state index contributed by atoms with van der Waals surface area (Å²) >= 11 is 0. The van der Waals surface area contributed by atoms with Gasteiger partial charge in [0, 0.05) is 38.9 Å². The minimum Gasteiger partial charge on any atom is -0.474 e. The van der Waals surface area contributed by atoms with Crippen LogP contribution in [0.5, 0.6) is 5.88 Å². The maximum Gasteiger partial charge on any atom is 0.213 e. The van der Waals surface area contributed by atoms with Crippen molar-refractivity contribution in [3.63, 3.8) is 0 Å². The summed E-state index contributed by atoms with van der Waals surface area (Å²) in [4.78, 5) is 11.2. The van der Waals surface area contributed by atoms with Crippen molar-refractivity contribution in [2.24, 2.45) is 4.99 Å². The summed E-state index contributed by atoms with van der Waals surface area (Å²) in [5.74, 6) is 1.58. The molecular formula is C20H33N5O. The summed E-state index contributed by atoms with van der Waals surface area (Å²) in [6, 6.07) is 4.06. The zero-order chi connectivity index (χ0) is 18.0. The highest BCUT2D eigenvalue weighted by molar-refractivity contribution is 5.79. The Labute approximate surface area is 157 Å². The Kier molecular flexibility index (Phi) is 7.55. The van der Waals surface area contributed by atoms with E-state index in [0.29, 0.717) is 12.6 Å². The topological polar surface area (TPSA) is 61.8 Å². The van der Waals surface area contributed by atoms with E-state index in [0.717, 1.165) is 43.3 Å². The van der Waals surface area contributed by atoms with Gasteiger partial charge in [0.25, 0.3) is 0 Å². The van der Waals surface area contributed by atoms with Crippen LogP contribution < -0.4 is 15.4 Å². The highest BCUT2D eigenvalue weighted by atomic mass is 16.5. The molecule has 0 unspecified atom stereocenters. The lowest BCUT2D eigenvalue weighted by Crippen LogP contribution is -2.42. The van der Waals surface area contributed by atoms with Crippen LogP contribution in [0.4, 0.5) is 0 Å². The second-order valence-corrected chi connectivity index (χ2v) is 7.28. The molecule has 3 rings (SSSR count). The van der Waals surface area contributed by atoms with Crippen LogP contribution in [0.15, 0.2) is 23.3 Å². The fraction of sp³-hybridized carbons (Fsp3) is 0.700. The number of nitrogens with one attached hydrogen (secondary N) is 2. The Balaban J connectivity index is 1.40. The number of aromatic nitrogens is 1. The van der Waals surface area contributed by atoms with Gasteiger partial charge in [-0.15, -0.1) is 0 Å². The first-order valence-corrected chi connectivity index (χ1v) is 10.1. The smallest absolute Gasteiger partial charge is 0.213 e. The summed E-state index contributed by atoms with van der Waals surface area (Å²) in [7, 11) is 1.82. The number of rotatable bonds is 7. The van der Waals surface area contributed by atoms with E-state index in [9.17, 15) is 0 Å². The molecule has 0 aromatic carbocycles. The van der Waals surface area contributed by atoms with Crippen LogP contribution >= 0.6 is 0 Å². The molecule has 144 valence electrons. The van der Waals surface area contributed by atoms with Gasteiger partial charge in [-0.25, -0.2) is 4.98 Å². The summed E-state index contributed by atoms with van der Waals surface area (Å²) < 4.78 is 5.99. The Morgan fingerprint density at radius 3 is 2.77 bits per heavy atom. The fourth-order valence-electron chi connectivity index (χ4n) is 3.72. The second kappa shape index (κ2) is 10.4. The van der Waals surface area contributed by atoms with Crippen molar-refractivity contribution in [2.45, 2.75) is 57.6 Å². The molecule has 6 heteroatoms. The Bertz CT molecular complexity index is 565.